The normalized spacial score (nSPS) is 27.6. The van der Waals surface area contributed by atoms with Gasteiger partial charge < -0.3 is 9.84 Å². The van der Waals surface area contributed by atoms with Crippen LogP contribution in [-0.4, -0.2) is 65.9 Å². The molecule has 2 saturated heterocycles. The Morgan fingerprint density at radius 2 is 2.23 bits per heavy atom. The number of piperazine rings is 1. The van der Waals surface area contributed by atoms with Crippen LogP contribution in [0.4, 0.5) is 0 Å². The highest BCUT2D eigenvalue weighted by Gasteiger charge is 2.34. The van der Waals surface area contributed by atoms with Crippen molar-refractivity contribution in [2.24, 2.45) is 0 Å². The van der Waals surface area contributed by atoms with Crippen molar-refractivity contribution in [3.05, 3.63) is 29.8 Å². The number of rotatable bonds is 5. The van der Waals surface area contributed by atoms with Gasteiger partial charge in [-0.05, 0) is 50.9 Å². The Morgan fingerprint density at radius 3 is 3.05 bits per heavy atom. The summed E-state index contributed by atoms with van der Waals surface area (Å²) in [5.41, 5.74) is 1.18. The van der Waals surface area contributed by atoms with Crippen molar-refractivity contribution in [1.29, 1.82) is 0 Å². The highest BCUT2D eigenvalue weighted by atomic mass is 16.5. The van der Waals surface area contributed by atoms with Crippen molar-refractivity contribution in [2.45, 2.75) is 44.9 Å². The van der Waals surface area contributed by atoms with Gasteiger partial charge in [0, 0.05) is 31.7 Å². The molecule has 3 unspecified atom stereocenters. The molecule has 0 aliphatic carbocycles. The zero-order valence-electron chi connectivity index (χ0n) is 13.7. The van der Waals surface area contributed by atoms with Crippen LogP contribution in [0.15, 0.2) is 24.3 Å². The molecule has 0 saturated carbocycles. The molecule has 0 aromatic heterocycles. The first-order chi connectivity index (χ1) is 10.6. The zero-order chi connectivity index (χ0) is 15.5. The predicted molar refractivity (Wildman–Crippen MR) is 88.3 cm³/mol. The average Bonchev–Trinajstić information content (AvgIpc) is 2.93. The summed E-state index contributed by atoms with van der Waals surface area (Å²) in [6.45, 7) is 8.85. The standard InChI is InChI=1S/C18H28N2O2/c1-14-5-3-7-18(9-14)22-13-17(21)12-20-11-16-6-4-8-19(16)10-15(20)2/h3,5,7,9,15-17,21H,4,6,8,10-13H2,1-2H3. The number of β-amino-alcohol motifs (C(OH)–C–C–N with tert-alkyl or cyclic N) is 1. The van der Waals surface area contributed by atoms with Gasteiger partial charge in [-0.1, -0.05) is 12.1 Å². The van der Waals surface area contributed by atoms with E-state index in [4.69, 9.17) is 4.74 Å². The Balaban J connectivity index is 1.47. The molecule has 3 atom stereocenters. The van der Waals surface area contributed by atoms with E-state index in [1.807, 2.05) is 31.2 Å². The Hall–Kier alpha value is -1.10. The lowest BCUT2D eigenvalue weighted by Crippen LogP contribution is -2.56. The van der Waals surface area contributed by atoms with Gasteiger partial charge in [-0.15, -0.1) is 0 Å². The number of ether oxygens (including phenoxy) is 1. The smallest absolute Gasteiger partial charge is 0.119 e. The molecular formula is C18H28N2O2. The minimum atomic E-state index is -0.434. The fourth-order valence-electron chi connectivity index (χ4n) is 3.72. The first kappa shape index (κ1) is 15.8. The van der Waals surface area contributed by atoms with Crippen LogP contribution < -0.4 is 4.74 Å². The minimum absolute atomic E-state index is 0.362. The molecule has 2 aliphatic rings. The maximum Gasteiger partial charge on any atom is 0.119 e. The van der Waals surface area contributed by atoms with Gasteiger partial charge in [0.25, 0.3) is 0 Å². The summed E-state index contributed by atoms with van der Waals surface area (Å²) in [4.78, 5) is 5.04. The van der Waals surface area contributed by atoms with E-state index in [1.165, 1.54) is 24.9 Å². The highest BCUT2D eigenvalue weighted by molar-refractivity contribution is 5.27. The average molecular weight is 304 g/mol. The van der Waals surface area contributed by atoms with Gasteiger partial charge in [-0.25, -0.2) is 0 Å². The van der Waals surface area contributed by atoms with E-state index in [9.17, 15) is 5.11 Å². The fraction of sp³-hybridized carbons (Fsp3) is 0.667. The lowest BCUT2D eigenvalue weighted by molar-refractivity contribution is 0.00900. The lowest BCUT2D eigenvalue weighted by Gasteiger charge is -2.43. The van der Waals surface area contributed by atoms with Gasteiger partial charge in [0.2, 0.25) is 0 Å². The van der Waals surface area contributed by atoms with Crippen molar-refractivity contribution in [3.8, 4) is 5.75 Å². The molecule has 2 heterocycles. The lowest BCUT2D eigenvalue weighted by atomic mass is 10.1. The van der Waals surface area contributed by atoms with Crippen LogP contribution in [0.3, 0.4) is 0 Å². The number of fused-ring (bicyclic) bond motifs is 1. The number of nitrogens with zero attached hydrogens (tertiary/aromatic N) is 2. The van der Waals surface area contributed by atoms with E-state index in [2.05, 4.69) is 16.7 Å². The first-order valence-electron chi connectivity index (χ1n) is 8.47. The minimum Gasteiger partial charge on any atom is -0.491 e. The molecule has 4 heteroatoms. The van der Waals surface area contributed by atoms with Crippen molar-refractivity contribution in [2.75, 3.05) is 32.8 Å². The fourth-order valence-corrected chi connectivity index (χ4v) is 3.72. The first-order valence-corrected chi connectivity index (χ1v) is 8.47. The summed E-state index contributed by atoms with van der Waals surface area (Å²) in [6, 6.07) is 9.20. The third-order valence-electron chi connectivity index (χ3n) is 4.94. The van der Waals surface area contributed by atoms with Crippen LogP contribution in [0.5, 0.6) is 5.75 Å². The topological polar surface area (TPSA) is 35.9 Å². The van der Waals surface area contributed by atoms with E-state index < -0.39 is 6.10 Å². The van der Waals surface area contributed by atoms with Gasteiger partial charge >= 0.3 is 0 Å². The van der Waals surface area contributed by atoms with Crippen molar-refractivity contribution < 1.29 is 9.84 Å². The third kappa shape index (κ3) is 3.80. The molecule has 3 rings (SSSR count). The molecule has 2 aliphatic heterocycles. The molecule has 0 radical (unpaired) electrons. The van der Waals surface area contributed by atoms with Gasteiger partial charge in [0.1, 0.15) is 18.5 Å². The van der Waals surface area contributed by atoms with Crippen LogP contribution >= 0.6 is 0 Å². The second-order valence-corrected chi connectivity index (χ2v) is 6.88. The summed E-state index contributed by atoms with van der Waals surface area (Å²) in [5.74, 6) is 0.840. The number of hydrogen-bond acceptors (Lipinski definition) is 4. The molecule has 1 N–H and O–H groups in total. The van der Waals surface area contributed by atoms with E-state index in [1.54, 1.807) is 0 Å². The van der Waals surface area contributed by atoms with E-state index >= 15 is 0 Å². The SMILES string of the molecule is Cc1cccc(OCC(O)CN2CC3CCCN3CC2C)c1. The summed E-state index contributed by atoms with van der Waals surface area (Å²) in [7, 11) is 0. The Morgan fingerprint density at radius 1 is 1.36 bits per heavy atom. The van der Waals surface area contributed by atoms with Crippen LogP contribution in [0.2, 0.25) is 0 Å². The van der Waals surface area contributed by atoms with Gasteiger partial charge in [0.05, 0.1) is 0 Å². The van der Waals surface area contributed by atoms with Crippen LogP contribution in [0.25, 0.3) is 0 Å². The number of aryl methyl sites for hydroxylation is 1. The number of hydrogen-bond donors (Lipinski definition) is 1. The summed E-state index contributed by atoms with van der Waals surface area (Å²) < 4.78 is 5.72. The maximum absolute atomic E-state index is 10.3. The van der Waals surface area contributed by atoms with Gasteiger partial charge in [-0.2, -0.15) is 0 Å². The van der Waals surface area contributed by atoms with E-state index in [-0.39, 0.29) is 0 Å². The summed E-state index contributed by atoms with van der Waals surface area (Å²) in [5, 5.41) is 10.3. The molecule has 0 amide bonds. The second kappa shape index (κ2) is 6.99. The number of benzene rings is 1. The van der Waals surface area contributed by atoms with Gasteiger partial charge in [0.15, 0.2) is 0 Å². The molecule has 1 aromatic carbocycles. The monoisotopic (exact) mass is 304 g/mol. The molecule has 22 heavy (non-hydrogen) atoms. The van der Waals surface area contributed by atoms with E-state index in [0.29, 0.717) is 25.2 Å². The molecule has 0 bridgehead atoms. The van der Waals surface area contributed by atoms with Crippen LogP contribution in [0.1, 0.15) is 25.3 Å². The Labute approximate surface area is 133 Å². The number of aliphatic hydroxyl groups is 1. The molecule has 122 valence electrons. The van der Waals surface area contributed by atoms with E-state index in [0.717, 1.165) is 18.8 Å². The van der Waals surface area contributed by atoms with Crippen molar-refractivity contribution in [3.63, 3.8) is 0 Å². The molecule has 0 spiro atoms. The Kier molecular flexibility index (Phi) is 5.01. The largest absolute Gasteiger partial charge is 0.491 e. The maximum atomic E-state index is 10.3. The Bertz CT molecular complexity index is 494. The van der Waals surface area contributed by atoms with Crippen molar-refractivity contribution >= 4 is 0 Å². The van der Waals surface area contributed by atoms with Gasteiger partial charge in [-0.3, -0.25) is 9.80 Å². The quantitative estimate of drug-likeness (QED) is 0.901. The predicted octanol–water partition coefficient (Wildman–Crippen LogP) is 1.90. The summed E-state index contributed by atoms with van der Waals surface area (Å²) in [6.07, 6.45) is 2.19. The zero-order valence-corrected chi connectivity index (χ0v) is 13.7. The molecular weight excluding hydrogens is 276 g/mol. The highest BCUT2D eigenvalue weighted by Crippen LogP contribution is 2.24. The van der Waals surface area contributed by atoms with Crippen LogP contribution in [0, 0.1) is 6.92 Å². The number of aliphatic hydroxyl groups excluding tert-OH is 1. The molecule has 1 aromatic rings. The molecule has 4 nitrogen and oxygen atoms in total. The summed E-state index contributed by atoms with van der Waals surface area (Å²) >= 11 is 0. The van der Waals surface area contributed by atoms with Crippen LogP contribution in [-0.2, 0) is 0 Å². The van der Waals surface area contributed by atoms with Crippen molar-refractivity contribution in [1.82, 2.24) is 9.80 Å². The third-order valence-corrected chi connectivity index (χ3v) is 4.94. The second-order valence-electron chi connectivity index (χ2n) is 6.88. The molecule has 2 fully saturated rings.